The van der Waals surface area contributed by atoms with Crippen molar-refractivity contribution in [3.05, 3.63) is 66.1 Å². The molecule has 5 nitrogen and oxygen atoms in total. The third-order valence-corrected chi connectivity index (χ3v) is 4.73. The fourth-order valence-corrected chi connectivity index (χ4v) is 3.30. The fourth-order valence-electron chi connectivity index (χ4n) is 3.30. The normalized spacial score (nSPS) is 14.3. The molecular weight excluding hydrogens is 341 g/mol. The van der Waals surface area contributed by atoms with Gasteiger partial charge in [-0.25, -0.2) is 9.37 Å². The quantitative estimate of drug-likeness (QED) is 0.668. The molecule has 0 atom stereocenters. The van der Waals surface area contributed by atoms with Crippen LogP contribution in [0.25, 0.3) is 11.4 Å². The van der Waals surface area contributed by atoms with Crippen LogP contribution in [0.5, 0.6) is 0 Å². The summed E-state index contributed by atoms with van der Waals surface area (Å²) in [6, 6.07) is 14.5. The number of pyridine rings is 1. The van der Waals surface area contributed by atoms with E-state index in [2.05, 4.69) is 25.6 Å². The number of aromatic nitrogens is 3. The number of benzene rings is 1. The summed E-state index contributed by atoms with van der Waals surface area (Å²) in [6.45, 7) is 0.557. The Morgan fingerprint density at radius 1 is 0.963 bits per heavy atom. The van der Waals surface area contributed by atoms with Gasteiger partial charge in [-0.05, 0) is 42.7 Å². The summed E-state index contributed by atoms with van der Waals surface area (Å²) in [7, 11) is 0. The topological polar surface area (TPSA) is 62.7 Å². The number of rotatable bonds is 6. The molecule has 1 saturated carbocycles. The first-order valence-corrected chi connectivity index (χ1v) is 9.31. The van der Waals surface area contributed by atoms with Crippen LogP contribution in [-0.2, 0) is 6.54 Å². The first kappa shape index (κ1) is 17.4. The van der Waals surface area contributed by atoms with Crippen LogP contribution in [0.15, 0.2) is 54.7 Å². The van der Waals surface area contributed by atoms with Crippen molar-refractivity contribution < 1.29 is 4.39 Å². The van der Waals surface area contributed by atoms with E-state index in [-0.39, 0.29) is 5.82 Å². The van der Waals surface area contributed by atoms with Gasteiger partial charge in [0.1, 0.15) is 11.6 Å². The summed E-state index contributed by atoms with van der Waals surface area (Å²) < 4.78 is 13.1. The molecule has 2 heterocycles. The predicted octanol–water partition coefficient (Wildman–Crippen LogP) is 4.64. The van der Waals surface area contributed by atoms with Crippen molar-refractivity contribution in [2.75, 3.05) is 10.6 Å². The maximum absolute atomic E-state index is 13.1. The Morgan fingerprint density at radius 3 is 2.52 bits per heavy atom. The van der Waals surface area contributed by atoms with Crippen LogP contribution < -0.4 is 10.6 Å². The minimum atomic E-state index is -0.235. The number of nitrogens with zero attached hydrogens (tertiary/aromatic N) is 3. The molecule has 6 heteroatoms. The predicted molar refractivity (Wildman–Crippen MR) is 105 cm³/mol. The molecule has 0 spiro atoms. The van der Waals surface area contributed by atoms with Crippen LogP contribution in [0, 0.1) is 5.82 Å². The van der Waals surface area contributed by atoms with Gasteiger partial charge in [-0.2, -0.15) is 4.98 Å². The molecule has 0 saturated heterocycles. The number of anilines is 2. The second-order valence-corrected chi connectivity index (χ2v) is 6.78. The fraction of sp³-hybridized carbons (Fsp3) is 0.286. The Hall–Kier alpha value is -3.02. The van der Waals surface area contributed by atoms with Gasteiger partial charge in [-0.1, -0.05) is 31.0 Å². The highest BCUT2D eigenvalue weighted by Crippen LogP contribution is 2.24. The maximum atomic E-state index is 13.1. The van der Waals surface area contributed by atoms with Crippen molar-refractivity contribution in [3.8, 4) is 11.4 Å². The lowest BCUT2D eigenvalue weighted by Crippen LogP contribution is -2.17. The zero-order valence-electron chi connectivity index (χ0n) is 15.0. The van der Waals surface area contributed by atoms with E-state index in [1.807, 2.05) is 24.3 Å². The van der Waals surface area contributed by atoms with Crippen molar-refractivity contribution in [1.82, 2.24) is 15.0 Å². The van der Waals surface area contributed by atoms with Gasteiger partial charge in [-0.3, -0.25) is 4.98 Å². The van der Waals surface area contributed by atoms with Crippen molar-refractivity contribution in [3.63, 3.8) is 0 Å². The van der Waals surface area contributed by atoms with Gasteiger partial charge in [0.25, 0.3) is 0 Å². The molecule has 0 radical (unpaired) electrons. The molecule has 4 rings (SSSR count). The molecule has 138 valence electrons. The zero-order chi connectivity index (χ0) is 18.5. The van der Waals surface area contributed by atoms with Crippen molar-refractivity contribution >= 4 is 11.8 Å². The van der Waals surface area contributed by atoms with E-state index in [0.717, 1.165) is 35.6 Å². The van der Waals surface area contributed by atoms with Gasteiger partial charge in [0, 0.05) is 24.8 Å². The number of halogens is 1. The van der Waals surface area contributed by atoms with Crippen LogP contribution >= 0.6 is 0 Å². The van der Waals surface area contributed by atoms with Crippen LogP contribution in [0.3, 0.4) is 0 Å². The van der Waals surface area contributed by atoms with Crippen LogP contribution in [0.4, 0.5) is 16.2 Å². The van der Waals surface area contributed by atoms with E-state index in [0.29, 0.717) is 18.5 Å². The molecule has 1 aromatic carbocycles. The van der Waals surface area contributed by atoms with E-state index >= 15 is 0 Å². The lowest BCUT2D eigenvalue weighted by Gasteiger charge is -2.15. The van der Waals surface area contributed by atoms with Gasteiger partial charge in [0.2, 0.25) is 5.95 Å². The van der Waals surface area contributed by atoms with Gasteiger partial charge in [0.05, 0.1) is 11.4 Å². The molecule has 27 heavy (non-hydrogen) atoms. The molecular formula is C21H22FN5. The second kappa shape index (κ2) is 8.12. The molecule has 1 aliphatic carbocycles. The number of hydrogen-bond acceptors (Lipinski definition) is 5. The smallest absolute Gasteiger partial charge is 0.225 e. The Kier molecular flexibility index (Phi) is 5.23. The average molecular weight is 363 g/mol. The lowest BCUT2D eigenvalue weighted by molar-refractivity contribution is 0.627. The summed E-state index contributed by atoms with van der Waals surface area (Å²) in [5.74, 6) is 1.10. The Balaban J connectivity index is 1.57. The summed E-state index contributed by atoms with van der Waals surface area (Å²) in [5.41, 5.74) is 2.56. The maximum Gasteiger partial charge on any atom is 0.225 e. The summed E-state index contributed by atoms with van der Waals surface area (Å²) in [6.07, 6.45) is 6.54. The molecule has 0 bridgehead atoms. The minimum absolute atomic E-state index is 0.235. The Bertz CT molecular complexity index is 877. The second-order valence-electron chi connectivity index (χ2n) is 6.78. The van der Waals surface area contributed by atoms with Crippen molar-refractivity contribution in [2.45, 2.75) is 38.3 Å². The molecule has 0 amide bonds. The standard InChI is InChI=1S/C21H22FN5/c22-16-10-8-15(9-11-16)14-24-20-13-19(18-7-3-4-12-23-18)26-21(27-20)25-17-5-1-2-6-17/h3-4,7-13,17H,1-2,5-6,14H2,(H2,24,25,26,27). The van der Waals surface area contributed by atoms with Gasteiger partial charge in [-0.15, -0.1) is 0 Å². The highest BCUT2D eigenvalue weighted by atomic mass is 19.1. The van der Waals surface area contributed by atoms with Crippen molar-refractivity contribution in [1.29, 1.82) is 0 Å². The summed E-state index contributed by atoms with van der Waals surface area (Å²) in [5, 5.41) is 6.77. The van der Waals surface area contributed by atoms with Gasteiger partial charge in [0.15, 0.2) is 0 Å². The van der Waals surface area contributed by atoms with E-state index in [1.165, 1.54) is 25.0 Å². The van der Waals surface area contributed by atoms with Crippen LogP contribution in [0.1, 0.15) is 31.2 Å². The summed E-state index contributed by atoms with van der Waals surface area (Å²) >= 11 is 0. The van der Waals surface area contributed by atoms with Gasteiger partial charge < -0.3 is 10.6 Å². The molecule has 1 fully saturated rings. The molecule has 2 aromatic heterocycles. The van der Waals surface area contributed by atoms with Crippen molar-refractivity contribution in [2.24, 2.45) is 0 Å². The molecule has 1 aliphatic rings. The van der Waals surface area contributed by atoms with E-state index in [9.17, 15) is 4.39 Å². The molecule has 0 aliphatic heterocycles. The highest BCUT2D eigenvalue weighted by Gasteiger charge is 2.17. The Morgan fingerprint density at radius 2 is 1.78 bits per heavy atom. The third-order valence-electron chi connectivity index (χ3n) is 4.73. The minimum Gasteiger partial charge on any atom is -0.366 e. The van der Waals surface area contributed by atoms with E-state index in [4.69, 9.17) is 0 Å². The summed E-state index contributed by atoms with van der Waals surface area (Å²) in [4.78, 5) is 13.7. The highest BCUT2D eigenvalue weighted by molar-refractivity contribution is 5.61. The molecule has 3 aromatic rings. The number of hydrogen-bond donors (Lipinski definition) is 2. The van der Waals surface area contributed by atoms with E-state index in [1.54, 1.807) is 18.3 Å². The third kappa shape index (κ3) is 4.58. The van der Waals surface area contributed by atoms with Crippen LogP contribution in [-0.4, -0.2) is 21.0 Å². The first-order valence-electron chi connectivity index (χ1n) is 9.31. The Labute approximate surface area is 158 Å². The monoisotopic (exact) mass is 363 g/mol. The van der Waals surface area contributed by atoms with Crippen LogP contribution in [0.2, 0.25) is 0 Å². The average Bonchev–Trinajstić information content (AvgIpc) is 3.21. The molecule has 0 unspecified atom stereocenters. The number of nitrogens with one attached hydrogen (secondary N) is 2. The van der Waals surface area contributed by atoms with Gasteiger partial charge >= 0.3 is 0 Å². The van der Waals surface area contributed by atoms with E-state index < -0.39 is 0 Å². The lowest BCUT2D eigenvalue weighted by atomic mass is 10.2. The first-order chi connectivity index (χ1) is 13.3. The largest absolute Gasteiger partial charge is 0.366 e. The molecule has 2 N–H and O–H groups in total. The SMILES string of the molecule is Fc1ccc(CNc2cc(-c3ccccn3)nc(NC3CCCC3)n2)cc1. The zero-order valence-corrected chi connectivity index (χ0v) is 15.0.